The van der Waals surface area contributed by atoms with Gasteiger partial charge in [0, 0.05) is 0 Å². The van der Waals surface area contributed by atoms with E-state index >= 15 is 0 Å². The van der Waals surface area contributed by atoms with Gasteiger partial charge >= 0.3 is 0 Å². The molecule has 0 saturated carbocycles. The summed E-state index contributed by atoms with van der Waals surface area (Å²) in [4.78, 5) is 0. The van der Waals surface area contributed by atoms with Crippen LogP contribution < -0.4 is 0 Å². The van der Waals surface area contributed by atoms with Crippen LogP contribution in [-0.4, -0.2) is 11.2 Å². The van der Waals surface area contributed by atoms with Gasteiger partial charge in [-0.25, -0.2) is 0 Å². The fourth-order valence-corrected chi connectivity index (χ4v) is 2.91. The van der Waals surface area contributed by atoms with E-state index in [2.05, 4.69) is 26.8 Å². The fraction of sp³-hybridized carbons (Fsp3) is 0.867. The summed E-state index contributed by atoms with van der Waals surface area (Å²) in [7, 11) is 0. The third-order valence-corrected chi connectivity index (χ3v) is 3.73. The molecule has 1 rings (SSSR count). The van der Waals surface area contributed by atoms with Gasteiger partial charge in [-0.05, 0) is 38.0 Å². The normalized spacial score (nSPS) is 27.6. The molecule has 1 N–H and O–H groups in total. The lowest BCUT2D eigenvalue weighted by Gasteiger charge is -2.29. The van der Waals surface area contributed by atoms with Crippen LogP contribution in [-0.2, 0) is 0 Å². The van der Waals surface area contributed by atoms with Crippen LogP contribution in [0.5, 0.6) is 0 Å². The lowest BCUT2D eigenvalue weighted by molar-refractivity contribution is 0.0824. The number of aliphatic hydroxyl groups is 1. The minimum atomic E-state index is -0.0667. The van der Waals surface area contributed by atoms with E-state index in [1.165, 1.54) is 37.7 Å². The minimum Gasteiger partial charge on any atom is -0.393 e. The van der Waals surface area contributed by atoms with Crippen molar-refractivity contribution in [1.82, 2.24) is 0 Å². The van der Waals surface area contributed by atoms with Crippen LogP contribution in [0.15, 0.2) is 11.6 Å². The van der Waals surface area contributed by atoms with E-state index in [0.717, 1.165) is 12.8 Å². The summed E-state index contributed by atoms with van der Waals surface area (Å²) in [6.45, 7) is 6.69. The molecule has 1 nitrogen and oxygen atoms in total. The Morgan fingerprint density at radius 1 is 1.38 bits per heavy atom. The Hall–Kier alpha value is -0.300. The van der Waals surface area contributed by atoms with Crippen LogP contribution in [0.4, 0.5) is 0 Å². The van der Waals surface area contributed by atoms with Crippen molar-refractivity contribution >= 4 is 0 Å². The molecule has 0 aliphatic heterocycles. The Morgan fingerprint density at radius 2 is 2.12 bits per heavy atom. The van der Waals surface area contributed by atoms with Gasteiger partial charge in [-0.1, -0.05) is 51.2 Å². The predicted octanol–water partition coefficient (Wildman–Crippen LogP) is 4.31. The summed E-state index contributed by atoms with van der Waals surface area (Å²) in [5.74, 6) is 1.17. The zero-order chi connectivity index (χ0) is 12.0. The Kier molecular flexibility index (Phi) is 6.12. The second kappa shape index (κ2) is 7.11. The molecule has 1 aliphatic carbocycles. The summed E-state index contributed by atoms with van der Waals surface area (Å²) in [6.07, 6.45) is 10.7. The average Bonchev–Trinajstić information content (AvgIpc) is 2.22. The quantitative estimate of drug-likeness (QED) is 0.526. The van der Waals surface area contributed by atoms with E-state index < -0.39 is 0 Å². The molecular formula is C15H28O. The molecule has 16 heavy (non-hydrogen) atoms. The van der Waals surface area contributed by atoms with Crippen molar-refractivity contribution in [2.75, 3.05) is 0 Å². The Labute approximate surface area is 101 Å². The van der Waals surface area contributed by atoms with E-state index in [1.54, 1.807) is 0 Å². The van der Waals surface area contributed by atoms with E-state index in [0.29, 0.717) is 11.8 Å². The van der Waals surface area contributed by atoms with Gasteiger partial charge in [0.2, 0.25) is 0 Å². The van der Waals surface area contributed by atoms with E-state index in [1.807, 2.05) is 0 Å². The maximum atomic E-state index is 10.2. The van der Waals surface area contributed by atoms with Crippen molar-refractivity contribution in [3.05, 3.63) is 11.6 Å². The Bertz CT molecular complexity index is 219. The number of aliphatic hydroxyl groups excluding tert-OH is 1. The molecule has 0 spiro atoms. The highest BCUT2D eigenvalue weighted by Gasteiger charge is 2.24. The molecule has 0 radical (unpaired) electrons. The average molecular weight is 224 g/mol. The SMILES string of the molecule is CCCCCCC(O)C1CC(C)=CC(C)C1. The van der Waals surface area contributed by atoms with Crippen LogP contribution in [0.3, 0.4) is 0 Å². The topological polar surface area (TPSA) is 20.2 Å². The predicted molar refractivity (Wildman–Crippen MR) is 70.4 cm³/mol. The number of allylic oxidation sites excluding steroid dienone is 2. The first-order valence-corrected chi connectivity index (χ1v) is 6.98. The summed E-state index contributed by atoms with van der Waals surface area (Å²) in [5.41, 5.74) is 1.47. The molecule has 0 heterocycles. The molecule has 94 valence electrons. The molecule has 0 saturated heterocycles. The number of rotatable bonds is 6. The van der Waals surface area contributed by atoms with Gasteiger partial charge in [0.1, 0.15) is 0 Å². The van der Waals surface area contributed by atoms with E-state index in [9.17, 15) is 5.11 Å². The molecule has 0 aromatic rings. The summed E-state index contributed by atoms with van der Waals surface area (Å²) < 4.78 is 0. The molecule has 3 atom stereocenters. The van der Waals surface area contributed by atoms with Gasteiger partial charge < -0.3 is 5.11 Å². The first kappa shape index (κ1) is 13.8. The molecule has 1 heteroatoms. The second-order valence-electron chi connectivity index (χ2n) is 5.61. The highest BCUT2D eigenvalue weighted by molar-refractivity contribution is 5.07. The van der Waals surface area contributed by atoms with Crippen LogP contribution >= 0.6 is 0 Å². The third kappa shape index (κ3) is 4.69. The monoisotopic (exact) mass is 224 g/mol. The van der Waals surface area contributed by atoms with Crippen LogP contribution in [0, 0.1) is 11.8 Å². The van der Waals surface area contributed by atoms with Crippen molar-refractivity contribution in [1.29, 1.82) is 0 Å². The minimum absolute atomic E-state index is 0.0667. The van der Waals surface area contributed by atoms with E-state index in [4.69, 9.17) is 0 Å². The Balaban J connectivity index is 2.26. The molecule has 0 fully saturated rings. The zero-order valence-electron chi connectivity index (χ0n) is 11.2. The standard InChI is InChI=1S/C15H28O/c1-4-5-6-7-8-15(16)14-10-12(2)9-13(3)11-14/h9,12,14-16H,4-8,10-11H2,1-3H3. The first-order valence-electron chi connectivity index (χ1n) is 6.98. The molecule has 1 aliphatic rings. The Morgan fingerprint density at radius 3 is 2.75 bits per heavy atom. The fourth-order valence-electron chi connectivity index (χ4n) is 2.91. The van der Waals surface area contributed by atoms with Gasteiger partial charge in [0.25, 0.3) is 0 Å². The van der Waals surface area contributed by atoms with Crippen molar-refractivity contribution in [2.24, 2.45) is 11.8 Å². The molecule has 0 aromatic carbocycles. The molecule has 0 amide bonds. The lowest BCUT2D eigenvalue weighted by atomic mass is 9.79. The molecule has 3 unspecified atom stereocenters. The number of hydrogen-bond donors (Lipinski definition) is 1. The van der Waals surface area contributed by atoms with Crippen molar-refractivity contribution < 1.29 is 5.11 Å². The lowest BCUT2D eigenvalue weighted by Crippen LogP contribution is -2.25. The zero-order valence-corrected chi connectivity index (χ0v) is 11.2. The highest BCUT2D eigenvalue weighted by atomic mass is 16.3. The first-order chi connectivity index (χ1) is 7.63. The summed E-state index contributed by atoms with van der Waals surface area (Å²) in [5, 5.41) is 10.2. The molecule has 0 bridgehead atoms. The molecule has 0 aromatic heterocycles. The summed E-state index contributed by atoms with van der Waals surface area (Å²) >= 11 is 0. The van der Waals surface area contributed by atoms with Gasteiger partial charge in [-0.3, -0.25) is 0 Å². The van der Waals surface area contributed by atoms with Crippen molar-refractivity contribution in [3.8, 4) is 0 Å². The van der Waals surface area contributed by atoms with Gasteiger partial charge in [-0.2, -0.15) is 0 Å². The number of hydrogen-bond acceptors (Lipinski definition) is 1. The third-order valence-electron chi connectivity index (χ3n) is 3.73. The van der Waals surface area contributed by atoms with Crippen LogP contribution in [0.25, 0.3) is 0 Å². The van der Waals surface area contributed by atoms with Crippen molar-refractivity contribution in [2.45, 2.75) is 71.8 Å². The summed E-state index contributed by atoms with van der Waals surface area (Å²) in [6, 6.07) is 0. The maximum Gasteiger partial charge on any atom is 0.0571 e. The smallest absolute Gasteiger partial charge is 0.0571 e. The van der Waals surface area contributed by atoms with Crippen molar-refractivity contribution in [3.63, 3.8) is 0 Å². The van der Waals surface area contributed by atoms with Gasteiger partial charge in [-0.15, -0.1) is 0 Å². The number of unbranched alkanes of at least 4 members (excludes halogenated alkanes) is 3. The maximum absolute atomic E-state index is 10.2. The van der Waals surface area contributed by atoms with E-state index in [-0.39, 0.29) is 6.10 Å². The molecular weight excluding hydrogens is 196 g/mol. The highest BCUT2D eigenvalue weighted by Crippen LogP contribution is 2.31. The largest absolute Gasteiger partial charge is 0.393 e. The van der Waals surface area contributed by atoms with Crippen LogP contribution in [0.2, 0.25) is 0 Å². The second-order valence-corrected chi connectivity index (χ2v) is 5.61. The van der Waals surface area contributed by atoms with Gasteiger partial charge in [0.15, 0.2) is 0 Å². The van der Waals surface area contributed by atoms with Crippen LogP contribution in [0.1, 0.15) is 65.7 Å². The van der Waals surface area contributed by atoms with Gasteiger partial charge in [0.05, 0.1) is 6.10 Å².